The summed E-state index contributed by atoms with van der Waals surface area (Å²) in [4.78, 5) is 22.8. The first-order chi connectivity index (χ1) is 11.5. The third kappa shape index (κ3) is 3.62. The number of carbonyl (C=O) groups excluding carboxylic acids is 1. The molecule has 24 heavy (non-hydrogen) atoms. The van der Waals surface area contributed by atoms with Crippen molar-refractivity contribution in [3.63, 3.8) is 0 Å². The number of H-pyrrole nitrogens is 1. The minimum Gasteiger partial charge on any atom is -0.469 e. The zero-order chi connectivity index (χ0) is 17.1. The van der Waals surface area contributed by atoms with Crippen LogP contribution in [-0.2, 0) is 9.53 Å². The highest BCUT2D eigenvalue weighted by molar-refractivity contribution is 5.73. The normalized spacial score (nSPS) is 20.7. The standard InChI is InChI=1S/C15H21N7O2/c1-9-5-13(19-12-3-4-17-21-12)20-15(18-9)22-7-10(14(23)24-2)6-11(16)8-22/h3-5,10-11H,6-8,16H2,1-2H3,(H2,17,18,19,20,21). The average molecular weight is 331 g/mol. The number of rotatable bonds is 4. The third-order valence-corrected chi connectivity index (χ3v) is 3.91. The molecule has 2 unspecified atom stereocenters. The summed E-state index contributed by atoms with van der Waals surface area (Å²) >= 11 is 0. The quantitative estimate of drug-likeness (QED) is 0.695. The van der Waals surface area contributed by atoms with Crippen LogP contribution in [0.4, 0.5) is 17.6 Å². The predicted molar refractivity (Wildman–Crippen MR) is 89.0 cm³/mol. The lowest BCUT2D eigenvalue weighted by Crippen LogP contribution is -2.50. The molecule has 1 aliphatic rings. The van der Waals surface area contributed by atoms with Gasteiger partial charge >= 0.3 is 5.97 Å². The minimum absolute atomic E-state index is 0.129. The maximum Gasteiger partial charge on any atom is 0.310 e. The number of hydrogen-bond acceptors (Lipinski definition) is 8. The van der Waals surface area contributed by atoms with Gasteiger partial charge in [0.1, 0.15) is 11.6 Å². The van der Waals surface area contributed by atoms with Gasteiger partial charge in [0.25, 0.3) is 0 Å². The second-order valence-corrected chi connectivity index (χ2v) is 5.91. The molecule has 1 aliphatic heterocycles. The molecule has 0 aromatic carbocycles. The first-order valence-corrected chi connectivity index (χ1v) is 7.75. The van der Waals surface area contributed by atoms with Crippen molar-refractivity contribution in [2.75, 3.05) is 30.4 Å². The lowest BCUT2D eigenvalue weighted by molar-refractivity contribution is -0.145. The molecule has 0 aliphatic carbocycles. The van der Waals surface area contributed by atoms with Crippen LogP contribution in [0, 0.1) is 12.8 Å². The summed E-state index contributed by atoms with van der Waals surface area (Å²) in [6, 6.07) is 3.52. The number of methoxy groups -OCH3 is 1. The van der Waals surface area contributed by atoms with E-state index < -0.39 is 0 Å². The fourth-order valence-electron chi connectivity index (χ4n) is 2.86. The van der Waals surface area contributed by atoms with Crippen LogP contribution >= 0.6 is 0 Å². The molecule has 1 saturated heterocycles. The van der Waals surface area contributed by atoms with Crippen LogP contribution in [0.5, 0.6) is 0 Å². The number of piperidine rings is 1. The van der Waals surface area contributed by atoms with Gasteiger partial charge in [-0.05, 0) is 13.3 Å². The SMILES string of the molecule is COC(=O)C1CC(N)CN(c2nc(C)cc(Nc3ccn[nH]3)n2)C1. The van der Waals surface area contributed by atoms with Gasteiger partial charge in [0, 0.05) is 37.0 Å². The number of esters is 1. The number of aromatic nitrogens is 4. The van der Waals surface area contributed by atoms with Crippen LogP contribution in [0.3, 0.4) is 0 Å². The number of carbonyl (C=O) groups is 1. The van der Waals surface area contributed by atoms with Crippen LogP contribution in [0.15, 0.2) is 18.3 Å². The Morgan fingerprint density at radius 2 is 2.29 bits per heavy atom. The maximum atomic E-state index is 11.9. The van der Waals surface area contributed by atoms with Crippen LogP contribution in [0.1, 0.15) is 12.1 Å². The van der Waals surface area contributed by atoms with Crippen molar-refractivity contribution < 1.29 is 9.53 Å². The molecule has 2 atom stereocenters. The largest absolute Gasteiger partial charge is 0.469 e. The highest BCUT2D eigenvalue weighted by Crippen LogP contribution is 2.23. The molecule has 3 rings (SSSR count). The zero-order valence-electron chi connectivity index (χ0n) is 13.7. The number of ether oxygens (including phenoxy) is 1. The highest BCUT2D eigenvalue weighted by Gasteiger charge is 2.32. The molecule has 0 saturated carbocycles. The average Bonchev–Trinajstić information content (AvgIpc) is 3.06. The van der Waals surface area contributed by atoms with Gasteiger partial charge in [-0.15, -0.1) is 0 Å². The molecule has 0 bridgehead atoms. The Kier molecular flexibility index (Phi) is 4.61. The number of aryl methyl sites for hydroxylation is 1. The van der Waals surface area contributed by atoms with E-state index in [1.54, 1.807) is 12.3 Å². The molecule has 2 aromatic heterocycles. The number of anilines is 3. The van der Waals surface area contributed by atoms with Crippen LogP contribution in [-0.4, -0.2) is 52.4 Å². The van der Waals surface area contributed by atoms with Gasteiger partial charge in [-0.1, -0.05) is 0 Å². The Balaban J connectivity index is 1.82. The lowest BCUT2D eigenvalue weighted by atomic mass is 9.95. The number of hydrogen-bond donors (Lipinski definition) is 3. The first-order valence-electron chi connectivity index (χ1n) is 7.75. The molecule has 0 spiro atoms. The molecule has 128 valence electrons. The molecule has 0 amide bonds. The van der Waals surface area contributed by atoms with Gasteiger partial charge in [0.15, 0.2) is 0 Å². The van der Waals surface area contributed by atoms with Crippen molar-refractivity contribution in [3.05, 3.63) is 24.0 Å². The van der Waals surface area contributed by atoms with Gasteiger partial charge in [0.05, 0.1) is 19.2 Å². The molecule has 2 aromatic rings. The molecule has 9 heteroatoms. The van der Waals surface area contributed by atoms with Gasteiger partial charge in [-0.2, -0.15) is 10.1 Å². The fourth-order valence-corrected chi connectivity index (χ4v) is 2.86. The summed E-state index contributed by atoms with van der Waals surface area (Å²) in [6.45, 7) is 2.98. The summed E-state index contributed by atoms with van der Waals surface area (Å²) in [5, 5.41) is 9.86. The number of nitrogens with zero attached hydrogens (tertiary/aromatic N) is 4. The van der Waals surface area contributed by atoms with E-state index in [1.165, 1.54) is 7.11 Å². The van der Waals surface area contributed by atoms with Crippen LogP contribution < -0.4 is 16.0 Å². The Labute approximate surface area is 139 Å². The summed E-state index contributed by atoms with van der Waals surface area (Å²) in [7, 11) is 1.39. The van der Waals surface area contributed by atoms with E-state index in [0.29, 0.717) is 31.3 Å². The van der Waals surface area contributed by atoms with Crippen LogP contribution in [0.2, 0.25) is 0 Å². The van der Waals surface area contributed by atoms with Gasteiger partial charge in [0.2, 0.25) is 5.95 Å². The van der Waals surface area contributed by atoms with Crippen molar-refractivity contribution in [3.8, 4) is 0 Å². The molecular weight excluding hydrogens is 310 g/mol. The predicted octanol–water partition coefficient (Wildman–Crippen LogP) is 0.578. The number of aromatic amines is 1. The molecule has 3 heterocycles. The Bertz CT molecular complexity index is 704. The third-order valence-electron chi connectivity index (χ3n) is 3.91. The summed E-state index contributed by atoms with van der Waals surface area (Å²) in [5.74, 6) is 1.41. The highest BCUT2D eigenvalue weighted by atomic mass is 16.5. The van der Waals surface area contributed by atoms with E-state index in [0.717, 1.165) is 11.5 Å². The second-order valence-electron chi connectivity index (χ2n) is 5.91. The molecule has 4 N–H and O–H groups in total. The molecule has 0 radical (unpaired) electrons. The summed E-state index contributed by atoms with van der Waals surface area (Å²) in [5.41, 5.74) is 6.91. The topological polar surface area (TPSA) is 122 Å². The smallest absolute Gasteiger partial charge is 0.310 e. The summed E-state index contributed by atoms with van der Waals surface area (Å²) < 4.78 is 4.85. The Morgan fingerprint density at radius 3 is 3.00 bits per heavy atom. The number of nitrogens with one attached hydrogen (secondary N) is 2. The van der Waals surface area contributed by atoms with E-state index in [4.69, 9.17) is 10.5 Å². The minimum atomic E-state index is -0.271. The van der Waals surface area contributed by atoms with E-state index in [1.807, 2.05) is 17.9 Å². The monoisotopic (exact) mass is 331 g/mol. The van der Waals surface area contributed by atoms with Crippen molar-refractivity contribution >= 4 is 23.6 Å². The zero-order valence-corrected chi connectivity index (χ0v) is 13.7. The van der Waals surface area contributed by atoms with Gasteiger partial charge in [-0.3, -0.25) is 9.89 Å². The maximum absolute atomic E-state index is 11.9. The van der Waals surface area contributed by atoms with Crippen molar-refractivity contribution in [2.24, 2.45) is 11.7 Å². The second kappa shape index (κ2) is 6.83. The van der Waals surface area contributed by atoms with Crippen molar-refractivity contribution in [1.82, 2.24) is 20.2 Å². The Morgan fingerprint density at radius 1 is 1.46 bits per heavy atom. The number of nitrogens with two attached hydrogens (primary N) is 1. The van der Waals surface area contributed by atoms with E-state index in [9.17, 15) is 4.79 Å². The van der Waals surface area contributed by atoms with E-state index in [-0.39, 0.29) is 17.9 Å². The molecule has 9 nitrogen and oxygen atoms in total. The molecule has 1 fully saturated rings. The van der Waals surface area contributed by atoms with E-state index in [2.05, 4.69) is 25.5 Å². The molecular formula is C15H21N7O2. The van der Waals surface area contributed by atoms with Gasteiger partial charge in [-0.25, -0.2) is 4.98 Å². The van der Waals surface area contributed by atoms with Crippen LogP contribution in [0.25, 0.3) is 0 Å². The van der Waals surface area contributed by atoms with E-state index >= 15 is 0 Å². The lowest BCUT2D eigenvalue weighted by Gasteiger charge is -2.35. The van der Waals surface area contributed by atoms with Gasteiger partial charge < -0.3 is 20.7 Å². The first kappa shape index (κ1) is 16.2. The fraction of sp³-hybridized carbons (Fsp3) is 0.467. The Hall–Kier alpha value is -2.68. The summed E-state index contributed by atoms with van der Waals surface area (Å²) in [6.07, 6.45) is 2.26. The van der Waals surface area contributed by atoms with Crippen molar-refractivity contribution in [2.45, 2.75) is 19.4 Å². The van der Waals surface area contributed by atoms with Crippen molar-refractivity contribution in [1.29, 1.82) is 0 Å².